The Balaban J connectivity index is 1.86. The topological polar surface area (TPSA) is 101 Å². The lowest BCUT2D eigenvalue weighted by molar-refractivity contribution is 0.409. The van der Waals surface area contributed by atoms with Crippen molar-refractivity contribution in [3.8, 4) is 5.75 Å². The Labute approximate surface area is 131 Å². The summed E-state index contributed by atoms with van der Waals surface area (Å²) in [6.45, 7) is 0.0896. The van der Waals surface area contributed by atoms with E-state index in [4.69, 9.17) is 9.15 Å². The second-order valence-electron chi connectivity index (χ2n) is 4.81. The molecule has 2 N–H and O–H groups in total. The first-order valence-electron chi connectivity index (χ1n) is 6.74. The van der Waals surface area contributed by atoms with Crippen LogP contribution in [0.5, 0.6) is 5.75 Å². The molecule has 0 atom stereocenters. The summed E-state index contributed by atoms with van der Waals surface area (Å²) in [5.41, 5.74) is 1.35. The highest BCUT2D eigenvalue weighted by atomic mass is 32.2. The van der Waals surface area contributed by atoms with Crippen LogP contribution < -0.4 is 15.2 Å². The second-order valence-corrected chi connectivity index (χ2v) is 6.58. The van der Waals surface area contributed by atoms with Crippen LogP contribution in [0.15, 0.2) is 56.6 Å². The summed E-state index contributed by atoms with van der Waals surface area (Å²) in [5, 5.41) is 0. The van der Waals surface area contributed by atoms with E-state index in [9.17, 15) is 13.2 Å². The number of rotatable bonds is 5. The fourth-order valence-electron chi connectivity index (χ4n) is 2.20. The minimum Gasteiger partial charge on any atom is -0.496 e. The van der Waals surface area contributed by atoms with Gasteiger partial charge in [0, 0.05) is 12.1 Å². The highest BCUT2D eigenvalue weighted by Gasteiger charge is 2.16. The molecule has 0 aliphatic rings. The number of H-pyrrole nitrogens is 1. The molecule has 0 bridgehead atoms. The predicted octanol–water partition coefficient (Wildman–Crippen LogP) is 1.61. The lowest BCUT2D eigenvalue weighted by Gasteiger charge is -2.10. The number of benzene rings is 2. The van der Waals surface area contributed by atoms with E-state index >= 15 is 0 Å². The van der Waals surface area contributed by atoms with Gasteiger partial charge in [-0.05, 0) is 24.3 Å². The molecule has 0 saturated carbocycles. The van der Waals surface area contributed by atoms with Crippen molar-refractivity contribution in [3.05, 3.63) is 58.6 Å². The summed E-state index contributed by atoms with van der Waals surface area (Å²) >= 11 is 0. The molecule has 3 rings (SSSR count). The first kappa shape index (κ1) is 15.3. The Morgan fingerprint density at radius 1 is 1.22 bits per heavy atom. The van der Waals surface area contributed by atoms with Gasteiger partial charge < -0.3 is 9.15 Å². The molecule has 120 valence electrons. The van der Waals surface area contributed by atoms with Crippen LogP contribution in [0, 0.1) is 0 Å². The molecule has 1 aromatic heterocycles. The van der Waals surface area contributed by atoms with Gasteiger partial charge in [0.2, 0.25) is 10.0 Å². The minimum atomic E-state index is -3.73. The maximum Gasteiger partial charge on any atom is 0.417 e. The third-order valence-corrected chi connectivity index (χ3v) is 4.74. The van der Waals surface area contributed by atoms with E-state index in [-0.39, 0.29) is 11.4 Å². The van der Waals surface area contributed by atoms with E-state index in [1.807, 2.05) is 0 Å². The van der Waals surface area contributed by atoms with Crippen LogP contribution in [0.25, 0.3) is 11.1 Å². The van der Waals surface area contributed by atoms with Gasteiger partial charge in [0.25, 0.3) is 0 Å². The van der Waals surface area contributed by atoms with Gasteiger partial charge in [0.1, 0.15) is 5.75 Å². The number of methoxy groups -OCH3 is 1. The molecule has 0 spiro atoms. The first-order valence-corrected chi connectivity index (χ1v) is 8.22. The van der Waals surface area contributed by atoms with Gasteiger partial charge in [-0.2, -0.15) is 0 Å². The molecule has 23 heavy (non-hydrogen) atoms. The fraction of sp³-hybridized carbons (Fsp3) is 0.133. The van der Waals surface area contributed by atoms with Crippen molar-refractivity contribution < 1.29 is 17.6 Å². The Hall–Kier alpha value is -2.58. The molecule has 7 nitrogen and oxygen atoms in total. The van der Waals surface area contributed by atoms with Crippen LogP contribution >= 0.6 is 0 Å². The molecule has 2 aromatic carbocycles. The van der Waals surface area contributed by atoms with Crippen molar-refractivity contribution >= 4 is 21.1 Å². The first-order chi connectivity index (χ1) is 11.0. The van der Waals surface area contributed by atoms with E-state index in [0.29, 0.717) is 16.8 Å². The highest BCUT2D eigenvalue weighted by molar-refractivity contribution is 7.89. The van der Waals surface area contributed by atoms with Crippen LogP contribution in [-0.2, 0) is 16.6 Å². The average molecular weight is 334 g/mol. The molecule has 0 aliphatic carbocycles. The molecular weight excluding hydrogens is 320 g/mol. The third kappa shape index (κ3) is 3.13. The van der Waals surface area contributed by atoms with Gasteiger partial charge in [0.15, 0.2) is 5.58 Å². The zero-order valence-corrected chi connectivity index (χ0v) is 13.0. The van der Waals surface area contributed by atoms with Crippen molar-refractivity contribution in [2.45, 2.75) is 11.4 Å². The Kier molecular flexibility index (Phi) is 3.93. The van der Waals surface area contributed by atoms with Crippen LogP contribution in [0.4, 0.5) is 0 Å². The van der Waals surface area contributed by atoms with Crippen molar-refractivity contribution in [2.24, 2.45) is 0 Å². The minimum absolute atomic E-state index is 0.0388. The number of hydrogen-bond acceptors (Lipinski definition) is 5. The highest BCUT2D eigenvalue weighted by Crippen LogP contribution is 2.19. The number of oxazole rings is 1. The standard InChI is InChI=1S/C15H14N2O5S/c1-21-13-5-3-2-4-10(13)9-16-23(19,20)11-6-7-14-12(8-11)17-15(18)22-14/h2-8,16H,9H2,1H3,(H,17,18). The van der Waals surface area contributed by atoms with Crippen molar-refractivity contribution in [1.82, 2.24) is 9.71 Å². The molecule has 0 aliphatic heterocycles. The Morgan fingerprint density at radius 2 is 2.00 bits per heavy atom. The molecule has 0 fully saturated rings. The molecule has 3 aromatic rings. The molecule has 0 saturated heterocycles. The maximum absolute atomic E-state index is 12.4. The number of nitrogens with one attached hydrogen (secondary N) is 2. The number of ether oxygens (including phenoxy) is 1. The van der Waals surface area contributed by atoms with E-state index in [1.165, 1.54) is 25.3 Å². The summed E-state index contributed by atoms with van der Waals surface area (Å²) < 4.78 is 37.3. The average Bonchev–Trinajstić information content (AvgIpc) is 2.92. The molecule has 8 heteroatoms. The normalized spacial score (nSPS) is 11.7. The number of aromatic nitrogens is 1. The van der Waals surface area contributed by atoms with Crippen molar-refractivity contribution in [2.75, 3.05) is 7.11 Å². The van der Waals surface area contributed by atoms with Crippen LogP contribution in [0.1, 0.15) is 5.56 Å². The number of aromatic amines is 1. The zero-order chi connectivity index (χ0) is 16.4. The largest absolute Gasteiger partial charge is 0.496 e. The molecule has 1 heterocycles. The van der Waals surface area contributed by atoms with Gasteiger partial charge in [-0.25, -0.2) is 17.9 Å². The molecule has 0 unspecified atom stereocenters. The van der Waals surface area contributed by atoms with Crippen molar-refractivity contribution in [1.29, 1.82) is 0 Å². The Bertz CT molecular complexity index is 1000. The number of fused-ring (bicyclic) bond motifs is 1. The van der Waals surface area contributed by atoms with E-state index in [2.05, 4.69) is 9.71 Å². The lowest BCUT2D eigenvalue weighted by atomic mass is 10.2. The number of para-hydroxylation sites is 1. The summed E-state index contributed by atoms with van der Waals surface area (Å²) in [6.07, 6.45) is 0. The number of sulfonamides is 1. The van der Waals surface area contributed by atoms with E-state index in [0.717, 1.165) is 5.56 Å². The lowest BCUT2D eigenvalue weighted by Crippen LogP contribution is -2.23. The number of hydrogen-bond donors (Lipinski definition) is 2. The van der Waals surface area contributed by atoms with Gasteiger partial charge in [-0.1, -0.05) is 18.2 Å². The van der Waals surface area contributed by atoms with Gasteiger partial charge in [-0.15, -0.1) is 0 Å². The van der Waals surface area contributed by atoms with Gasteiger partial charge in [-0.3, -0.25) is 4.98 Å². The van der Waals surface area contributed by atoms with Gasteiger partial charge >= 0.3 is 5.76 Å². The fourth-order valence-corrected chi connectivity index (χ4v) is 3.24. The quantitative estimate of drug-likeness (QED) is 0.738. The second kappa shape index (κ2) is 5.90. The SMILES string of the molecule is COc1ccccc1CNS(=O)(=O)c1ccc2oc(=O)[nH]c2c1. The summed E-state index contributed by atoms with van der Waals surface area (Å²) in [6, 6.07) is 11.3. The summed E-state index contributed by atoms with van der Waals surface area (Å²) in [4.78, 5) is 13.6. The summed E-state index contributed by atoms with van der Waals surface area (Å²) in [5.74, 6) is -0.0265. The molecule has 0 radical (unpaired) electrons. The van der Waals surface area contributed by atoms with E-state index in [1.54, 1.807) is 24.3 Å². The van der Waals surface area contributed by atoms with Crippen LogP contribution in [0.3, 0.4) is 0 Å². The van der Waals surface area contributed by atoms with Crippen LogP contribution in [-0.4, -0.2) is 20.5 Å². The Morgan fingerprint density at radius 3 is 2.78 bits per heavy atom. The molecular formula is C15H14N2O5S. The summed E-state index contributed by atoms with van der Waals surface area (Å²) in [7, 11) is -2.21. The third-order valence-electron chi connectivity index (χ3n) is 3.35. The molecule has 0 amide bonds. The van der Waals surface area contributed by atoms with Crippen LogP contribution in [0.2, 0.25) is 0 Å². The predicted molar refractivity (Wildman–Crippen MR) is 83.9 cm³/mol. The zero-order valence-electron chi connectivity index (χ0n) is 12.2. The van der Waals surface area contributed by atoms with E-state index < -0.39 is 15.8 Å². The smallest absolute Gasteiger partial charge is 0.417 e. The van der Waals surface area contributed by atoms with Crippen molar-refractivity contribution in [3.63, 3.8) is 0 Å². The maximum atomic E-state index is 12.4. The van der Waals surface area contributed by atoms with Gasteiger partial charge in [0.05, 0.1) is 17.5 Å². The monoisotopic (exact) mass is 334 g/mol.